The van der Waals surface area contributed by atoms with Gasteiger partial charge in [-0.05, 0) is 43.0 Å². The van der Waals surface area contributed by atoms with Gasteiger partial charge in [-0.3, -0.25) is 4.90 Å². The van der Waals surface area contributed by atoms with Crippen LogP contribution in [0.3, 0.4) is 0 Å². The van der Waals surface area contributed by atoms with Crippen LogP contribution in [0.25, 0.3) is 0 Å². The molecular formula is C19H24N2O. The quantitative estimate of drug-likeness (QED) is 0.848. The lowest BCUT2D eigenvalue weighted by Crippen LogP contribution is -2.33. The Morgan fingerprint density at radius 1 is 1.23 bits per heavy atom. The summed E-state index contributed by atoms with van der Waals surface area (Å²) in [5, 5.41) is 0. The summed E-state index contributed by atoms with van der Waals surface area (Å²) < 4.78 is 5.24. The zero-order valence-corrected chi connectivity index (χ0v) is 13.5. The largest absolute Gasteiger partial charge is 0.481 e. The molecule has 1 aliphatic rings. The number of hydrogen-bond donors (Lipinski definition) is 0. The van der Waals surface area contributed by atoms with Gasteiger partial charge in [0.25, 0.3) is 0 Å². The Morgan fingerprint density at radius 2 is 2.05 bits per heavy atom. The summed E-state index contributed by atoms with van der Waals surface area (Å²) in [5.74, 6) is 0.701. The van der Waals surface area contributed by atoms with Gasteiger partial charge in [0.1, 0.15) is 0 Å². The van der Waals surface area contributed by atoms with E-state index in [0.717, 1.165) is 13.1 Å². The highest BCUT2D eigenvalue weighted by Gasteiger charge is 2.25. The summed E-state index contributed by atoms with van der Waals surface area (Å²) in [6.45, 7) is 4.33. The molecule has 0 aliphatic carbocycles. The number of aryl methyl sites for hydroxylation is 1. The minimum Gasteiger partial charge on any atom is -0.481 e. The molecule has 0 saturated carbocycles. The molecule has 0 spiro atoms. The minimum absolute atomic E-state index is 0.465. The molecule has 1 aromatic carbocycles. The predicted molar refractivity (Wildman–Crippen MR) is 89.0 cm³/mol. The molecule has 3 rings (SSSR count). The van der Waals surface area contributed by atoms with E-state index < -0.39 is 0 Å². The van der Waals surface area contributed by atoms with Crippen molar-refractivity contribution in [2.45, 2.75) is 38.8 Å². The van der Waals surface area contributed by atoms with Crippen LogP contribution in [0.4, 0.5) is 0 Å². The smallest absolute Gasteiger partial charge is 0.213 e. The molecule has 0 amide bonds. The molecule has 3 nitrogen and oxygen atoms in total. The van der Waals surface area contributed by atoms with E-state index in [4.69, 9.17) is 4.74 Å². The monoisotopic (exact) mass is 296 g/mol. The van der Waals surface area contributed by atoms with Crippen molar-refractivity contribution < 1.29 is 4.74 Å². The van der Waals surface area contributed by atoms with Crippen molar-refractivity contribution in [3.63, 3.8) is 0 Å². The Kier molecular flexibility index (Phi) is 4.74. The van der Waals surface area contributed by atoms with Gasteiger partial charge in [-0.2, -0.15) is 0 Å². The van der Waals surface area contributed by atoms with Gasteiger partial charge in [-0.25, -0.2) is 4.98 Å². The first-order valence-electron chi connectivity index (χ1n) is 8.06. The molecule has 116 valence electrons. The molecule has 2 aromatic rings. The summed E-state index contributed by atoms with van der Waals surface area (Å²) in [6.07, 6.45) is 5.79. The van der Waals surface area contributed by atoms with Crippen LogP contribution in [0, 0.1) is 6.92 Å². The molecule has 0 bridgehead atoms. The molecule has 0 N–H and O–H groups in total. The number of methoxy groups -OCH3 is 1. The van der Waals surface area contributed by atoms with Crippen molar-refractivity contribution in [1.29, 1.82) is 0 Å². The van der Waals surface area contributed by atoms with Crippen molar-refractivity contribution >= 4 is 0 Å². The van der Waals surface area contributed by atoms with Gasteiger partial charge in [0, 0.05) is 24.8 Å². The van der Waals surface area contributed by atoms with Crippen molar-refractivity contribution in [2.75, 3.05) is 13.7 Å². The van der Waals surface area contributed by atoms with Gasteiger partial charge >= 0.3 is 0 Å². The van der Waals surface area contributed by atoms with Crippen molar-refractivity contribution in [3.05, 3.63) is 59.3 Å². The maximum atomic E-state index is 5.24. The number of pyridine rings is 1. The molecule has 1 atom stereocenters. The van der Waals surface area contributed by atoms with Crippen molar-refractivity contribution in [1.82, 2.24) is 9.88 Å². The maximum absolute atomic E-state index is 5.24. The fourth-order valence-electron chi connectivity index (χ4n) is 3.35. The summed E-state index contributed by atoms with van der Waals surface area (Å²) in [6, 6.07) is 13.3. The molecular weight excluding hydrogens is 272 g/mol. The van der Waals surface area contributed by atoms with E-state index in [1.165, 1.54) is 36.0 Å². The first-order valence-corrected chi connectivity index (χ1v) is 8.06. The number of aromatic nitrogens is 1. The molecule has 3 heteroatoms. The number of piperidine rings is 1. The van der Waals surface area contributed by atoms with Crippen LogP contribution in [0.2, 0.25) is 0 Å². The van der Waals surface area contributed by atoms with Crippen LogP contribution >= 0.6 is 0 Å². The first kappa shape index (κ1) is 15.0. The number of rotatable bonds is 4. The molecule has 1 aromatic heterocycles. The van der Waals surface area contributed by atoms with E-state index >= 15 is 0 Å². The zero-order valence-electron chi connectivity index (χ0n) is 13.5. The van der Waals surface area contributed by atoms with Gasteiger partial charge < -0.3 is 4.74 Å². The number of hydrogen-bond acceptors (Lipinski definition) is 3. The van der Waals surface area contributed by atoms with E-state index in [1.54, 1.807) is 7.11 Å². The van der Waals surface area contributed by atoms with Gasteiger partial charge in [0.05, 0.1) is 7.11 Å². The summed E-state index contributed by atoms with van der Waals surface area (Å²) in [4.78, 5) is 7.02. The Morgan fingerprint density at radius 3 is 2.77 bits per heavy atom. The van der Waals surface area contributed by atoms with Gasteiger partial charge in [0.2, 0.25) is 5.88 Å². The lowest BCUT2D eigenvalue weighted by Gasteiger charge is -2.36. The second kappa shape index (κ2) is 6.93. The van der Waals surface area contributed by atoms with Crippen molar-refractivity contribution in [2.24, 2.45) is 0 Å². The molecule has 2 heterocycles. The van der Waals surface area contributed by atoms with Crippen molar-refractivity contribution in [3.8, 4) is 5.88 Å². The maximum Gasteiger partial charge on any atom is 0.213 e. The number of likely N-dealkylation sites (tertiary alicyclic amines) is 1. The second-order valence-electron chi connectivity index (χ2n) is 6.05. The first-order chi connectivity index (χ1) is 10.8. The molecule has 1 saturated heterocycles. The normalized spacial score (nSPS) is 19.1. The lowest BCUT2D eigenvalue weighted by molar-refractivity contribution is 0.139. The number of ether oxygens (including phenoxy) is 1. The van der Waals surface area contributed by atoms with Crippen LogP contribution in [0.5, 0.6) is 5.88 Å². The predicted octanol–water partition coefficient (Wildman–Crippen LogP) is 4.13. The highest BCUT2D eigenvalue weighted by atomic mass is 16.5. The van der Waals surface area contributed by atoms with Crippen LogP contribution < -0.4 is 4.74 Å². The van der Waals surface area contributed by atoms with Gasteiger partial charge in [-0.15, -0.1) is 0 Å². The number of nitrogens with zero attached hydrogens (tertiary/aromatic N) is 2. The SMILES string of the molecule is COc1cc(C)c(C2CCCCN2Cc2ccccc2)cn1. The summed E-state index contributed by atoms with van der Waals surface area (Å²) >= 11 is 0. The van der Waals surface area contributed by atoms with Gasteiger partial charge in [0.15, 0.2) is 0 Å². The van der Waals surface area contributed by atoms with E-state index in [0.29, 0.717) is 11.9 Å². The highest BCUT2D eigenvalue weighted by molar-refractivity contribution is 5.31. The minimum atomic E-state index is 0.465. The van der Waals surface area contributed by atoms with E-state index in [9.17, 15) is 0 Å². The van der Waals surface area contributed by atoms with Gasteiger partial charge in [-0.1, -0.05) is 36.8 Å². The number of benzene rings is 1. The van der Waals surface area contributed by atoms with Crippen LogP contribution in [0.1, 0.15) is 42.0 Å². The topological polar surface area (TPSA) is 25.4 Å². The molecule has 1 aliphatic heterocycles. The Labute approximate surface area is 132 Å². The Hall–Kier alpha value is -1.87. The average Bonchev–Trinajstić information content (AvgIpc) is 2.56. The third-order valence-electron chi connectivity index (χ3n) is 4.54. The molecule has 0 radical (unpaired) electrons. The Bertz CT molecular complexity index is 612. The van der Waals surface area contributed by atoms with E-state index in [1.807, 2.05) is 12.3 Å². The summed E-state index contributed by atoms with van der Waals surface area (Å²) in [5.41, 5.74) is 4.00. The molecule has 1 unspecified atom stereocenters. The molecule has 22 heavy (non-hydrogen) atoms. The third kappa shape index (κ3) is 3.30. The Balaban J connectivity index is 1.83. The fourth-order valence-corrected chi connectivity index (χ4v) is 3.35. The lowest BCUT2D eigenvalue weighted by atomic mass is 9.93. The third-order valence-corrected chi connectivity index (χ3v) is 4.54. The fraction of sp³-hybridized carbons (Fsp3) is 0.421. The van der Waals surface area contributed by atoms with Crippen LogP contribution in [0.15, 0.2) is 42.6 Å². The highest BCUT2D eigenvalue weighted by Crippen LogP contribution is 2.34. The van der Waals surface area contributed by atoms with E-state index in [2.05, 4.69) is 47.1 Å². The second-order valence-corrected chi connectivity index (χ2v) is 6.05. The molecule has 1 fully saturated rings. The summed E-state index contributed by atoms with van der Waals surface area (Å²) in [7, 11) is 1.67. The zero-order chi connectivity index (χ0) is 15.4. The standard InChI is InChI=1S/C19H24N2O/c1-15-12-19(22-2)20-13-17(15)18-10-6-7-11-21(18)14-16-8-4-3-5-9-16/h3-5,8-9,12-13,18H,6-7,10-11,14H2,1-2H3. The van der Waals surface area contributed by atoms with Crippen LogP contribution in [-0.4, -0.2) is 23.5 Å². The average molecular weight is 296 g/mol. The van der Waals surface area contributed by atoms with Crippen LogP contribution in [-0.2, 0) is 6.54 Å². The van der Waals surface area contributed by atoms with E-state index in [-0.39, 0.29) is 0 Å².